The molecule has 0 radical (unpaired) electrons. The molecule has 2 amide bonds. The highest BCUT2D eigenvalue weighted by Crippen LogP contribution is 2.51. The first-order valence-corrected chi connectivity index (χ1v) is 11.7. The molecule has 1 atom stereocenters. The average Bonchev–Trinajstić information content (AvgIpc) is 3.64. The molecule has 2 aliphatic rings. The van der Waals surface area contributed by atoms with E-state index in [0.29, 0.717) is 22.0 Å². The van der Waals surface area contributed by atoms with E-state index in [4.69, 9.17) is 12.3 Å². The minimum atomic E-state index is -0.769. The third-order valence-corrected chi connectivity index (χ3v) is 7.16. The van der Waals surface area contributed by atoms with Crippen molar-refractivity contribution in [2.45, 2.75) is 35.1 Å². The van der Waals surface area contributed by atoms with Crippen molar-refractivity contribution in [1.82, 2.24) is 9.88 Å². The van der Waals surface area contributed by atoms with Gasteiger partial charge in [-0.1, -0.05) is 42.1 Å². The molecule has 1 aliphatic heterocycles. The van der Waals surface area contributed by atoms with Crippen LogP contribution < -0.4 is 10.6 Å². The van der Waals surface area contributed by atoms with E-state index in [1.54, 1.807) is 36.2 Å². The third-order valence-electron chi connectivity index (χ3n) is 5.91. The van der Waals surface area contributed by atoms with Crippen LogP contribution in [0.25, 0.3) is 4.85 Å². The van der Waals surface area contributed by atoms with Crippen LogP contribution in [0.1, 0.15) is 40.7 Å². The quantitative estimate of drug-likeness (QED) is 0.442. The monoisotopic (exact) mass is 476 g/mol. The summed E-state index contributed by atoms with van der Waals surface area (Å²) in [6.07, 6.45) is 1.21. The van der Waals surface area contributed by atoms with Crippen LogP contribution in [0.2, 0.25) is 0 Å². The fourth-order valence-corrected chi connectivity index (χ4v) is 5.01. The number of hydrogen-bond acceptors (Lipinski definition) is 7. The molecule has 1 aliphatic carbocycles. The van der Waals surface area contributed by atoms with Crippen LogP contribution in [-0.2, 0) is 9.59 Å². The Morgan fingerprint density at radius 1 is 1.38 bits per heavy atom. The summed E-state index contributed by atoms with van der Waals surface area (Å²) < 4.78 is 0. The number of pyridine rings is 1. The maximum atomic E-state index is 12.6. The second-order valence-corrected chi connectivity index (χ2v) is 9.59. The Bertz CT molecular complexity index is 1200. The van der Waals surface area contributed by atoms with Gasteiger partial charge >= 0.3 is 0 Å². The second-order valence-electron chi connectivity index (χ2n) is 8.50. The van der Waals surface area contributed by atoms with E-state index in [-0.39, 0.29) is 42.7 Å². The molecule has 1 unspecified atom stereocenters. The zero-order chi connectivity index (χ0) is 24.4. The number of aliphatic hydroxyl groups excluding tert-OH is 1. The second kappa shape index (κ2) is 9.72. The fraction of sp³-hybridized carbons (Fsp3) is 0.375. The van der Waals surface area contributed by atoms with Crippen LogP contribution in [0.5, 0.6) is 0 Å². The maximum absolute atomic E-state index is 12.6. The van der Waals surface area contributed by atoms with Crippen molar-refractivity contribution in [1.29, 1.82) is 5.26 Å². The average molecular weight is 477 g/mol. The van der Waals surface area contributed by atoms with Gasteiger partial charge in [-0.25, -0.2) is 9.83 Å². The number of carbonyl (C=O) groups is 2. The molecular formula is C24H24N6O3S. The Hall–Kier alpha value is -3.60. The van der Waals surface area contributed by atoms with Crippen molar-refractivity contribution in [3.05, 3.63) is 58.4 Å². The van der Waals surface area contributed by atoms with Gasteiger partial charge in [0.05, 0.1) is 24.8 Å². The predicted molar refractivity (Wildman–Crippen MR) is 127 cm³/mol. The number of benzene rings is 1. The number of aliphatic hydroxyl groups is 1. The number of rotatable bonds is 8. The Morgan fingerprint density at radius 2 is 2.06 bits per heavy atom. The van der Waals surface area contributed by atoms with Gasteiger partial charge in [0.15, 0.2) is 0 Å². The Morgan fingerprint density at radius 3 is 2.59 bits per heavy atom. The lowest BCUT2D eigenvalue weighted by atomic mass is 10.0. The lowest BCUT2D eigenvalue weighted by Gasteiger charge is -2.37. The molecule has 0 bridgehead atoms. The molecule has 9 nitrogen and oxygen atoms in total. The molecule has 4 rings (SSSR count). The molecule has 2 aromatic rings. The zero-order valence-electron chi connectivity index (χ0n) is 18.6. The lowest BCUT2D eigenvalue weighted by Crippen LogP contribution is -2.55. The summed E-state index contributed by atoms with van der Waals surface area (Å²) >= 11 is 1.09. The molecule has 34 heavy (non-hydrogen) atoms. The summed E-state index contributed by atoms with van der Waals surface area (Å²) in [7, 11) is 1.67. The number of likely N-dealkylation sites (tertiary alicyclic amines) is 1. The highest BCUT2D eigenvalue weighted by Gasteiger charge is 2.36. The van der Waals surface area contributed by atoms with Crippen molar-refractivity contribution >= 4 is 35.1 Å². The van der Waals surface area contributed by atoms with Crippen LogP contribution in [-0.4, -0.2) is 59.6 Å². The normalized spacial score (nSPS) is 16.2. The first kappa shape index (κ1) is 23.6. The van der Waals surface area contributed by atoms with Crippen LogP contribution in [0.3, 0.4) is 0 Å². The molecule has 1 saturated heterocycles. The number of primary amides is 1. The zero-order valence-corrected chi connectivity index (χ0v) is 19.5. The van der Waals surface area contributed by atoms with Gasteiger partial charge < -0.3 is 20.6 Å². The number of amides is 2. The largest absolute Gasteiger partial charge is 0.389 e. The number of aromatic nitrogens is 1. The summed E-state index contributed by atoms with van der Waals surface area (Å²) in [5.74, 6) is -0.385. The lowest BCUT2D eigenvalue weighted by molar-refractivity contribution is -0.139. The van der Waals surface area contributed by atoms with E-state index in [1.165, 1.54) is 4.90 Å². The molecule has 1 aromatic carbocycles. The van der Waals surface area contributed by atoms with E-state index in [0.717, 1.165) is 24.6 Å². The summed E-state index contributed by atoms with van der Waals surface area (Å²) in [5, 5.41) is 19.0. The van der Waals surface area contributed by atoms with Crippen molar-refractivity contribution < 1.29 is 14.7 Å². The van der Waals surface area contributed by atoms with Crippen molar-refractivity contribution in [2.24, 2.45) is 5.73 Å². The van der Waals surface area contributed by atoms with Gasteiger partial charge in [0.1, 0.15) is 22.2 Å². The number of carbonyl (C=O) groups excluding carboxylic acids is 2. The predicted octanol–water partition coefficient (Wildman–Crippen LogP) is 2.34. The van der Waals surface area contributed by atoms with Gasteiger partial charge in [-0.2, -0.15) is 5.26 Å². The van der Waals surface area contributed by atoms with Crippen molar-refractivity contribution in [3.63, 3.8) is 0 Å². The van der Waals surface area contributed by atoms with Gasteiger partial charge in [-0.15, -0.1) is 0 Å². The smallest absolute Gasteiger partial charge is 0.242 e. The van der Waals surface area contributed by atoms with Crippen LogP contribution in [0.15, 0.2) is 35.4 Å². The number of hydrogen-bond donors (Lipinski definition) is 2. The standard InChI is InChI=1S/C24H24N6O3S/c1-27-20-19(14-8-9-14)17(10-25)24(34-21(22(26)33)15-6-4-3-5-7-15)28-23(20)29(2)13-18(32)30-11-16(31)12-30/h3-7,14,16,21,31H,8-9,11-13H2,2H3,(H2,26,33). The SMILES string of the molecule is [C-]#[N+]c1c(N(C)CC(=O)N2CC(O)C2)nc(SC(C(N)=O)c2ccccc2)c(C#N)c1C1CC1. The third kappa shape index (κ3) is 4.69. The van der Waals surface area contributed by atoms with Crippen LogP contribution in [0.4, 0.5) is 11.5 Å². The Kier molecular flexibility index (Phi) is 6.73. The molecular weight excluding hydrogens is 452 g/mol. The van der Waals surface area contributed by atoms with Gasteiger partial charge in [0, 0.05) is 20.1 Å². The first-order chi connectivity index (χ1) is 16.3. The summed E-state index contributed by atoms with van der Waals surface area (Å²) in [4.78, 5) is 36.4. The minimum Gasteiger partial charge on any atom is -0.389 e. The van der Waals surface area contributed by atoms with Gasteiger partial charge in [0.2, 0.25) is 17.5 Å². The van der Waals surface area contributed by atoms with E-state index in [9.17, 15) is 20.0 Å². The summed E-state index contributed by atoms with van der Waals surface area (Å²) in [6.45, 7) is 8.35. The van der Waals surface area contributed by atoms with Gasteiger partial charge in [0.25, 0.3) is 0 Å². The number of β-amino-alcohol motifs (C(OH)–C–C–N with tert-alkyl or cyclic N) is 1. The topological polar surface area (TPSA) is 128 Å². The van der Waals surface area contributed by atoms with E-state index >= 15 is 0 Å². The fourth-order valence-electron chi connectivity index (χ4n) is 3.96. The molecule has 1 aromatic heterocycles. The van der Waals surface area contributed by atoms with E-state index in [1.807, 2.05) is 6.07 Å². The van der Waals surface area contributed by atoms with E-state index in [2.05, 4.69) is 15.9 Å². The van der Waals surface area contributed by atoms with Crippen LogP contribution >= 0.6 is 11.8 Å². The van der Waals surface area contributed by atoms with Gasteiger partial charge in [-0.05, 0) is 29.9 Å². The highest BCUT2D eigenvalue weighted by atomic mass is 32.2. The maximum Gasteiger partial charge on any atom is 0.242 e. The minimum absolute atomic E-state index is 0.0275. The number of nitrogens with two attached hydrogens (primary N) is 1. The van der Waals surface area contributed by atoms with Crippen molar-refractivity contribution in [2.75, 3.05) is 31.6 Å². The van der Waals surface area contributed by atoms with Crippen LogP contribution in [0, 0.1) is 17.9 Å². The number of nitrogens with zero attached hydrogens (tertiary/aromatic N) is 5. The summed E-state index contributed by atoms with van der Waals surface area (Å²) in [6, 6.07) is 11.2. The Balaban J connectivity index is 1.75. The Labute approximate surface area is 202 Å². The van der Waals surface area contributed by atoms with Gasteiger partial charge in [-0.3, -0.25) is 9.59 Å². The molecule has 0 spiro atoms. The molecule has 3 N–H and O–H groups in total. The molecule has 174 valence electrons. The summed E-state index contributed by atoms with van der Waals surface area (Å²) in [5.41, 5.74) is 7.57. The first-order valence-electron chi connectivity index (χ1n) is 10.9. The number of anilines is 1. The molecule has 2 fully saturated rings. The number of likely N-dealkylation sites (N-methyl/N-ethyl adjacent to an activating group) is 1. The van der Waals surface area contributed by atoms with Crippen molar-refractivity contribution in [3.8, 4) is 6.07 Å². The van der Waals surface area contributed by atoms with E-state index < -0.39 is 17.3 Å². The number of thioether (sulfide) groups is 1. The molecule has 2 heterocycles. The molecule has 10 heteroatoms. The molecule has 1 saturated carbocycles. The number of nitriles is 1. The highest BCUT2D eigenvalue weighted by molar-refractivity contribution is 8.00.